The van der Waals surface area contributed by atoms with Crippen LogP contribution in [0.3, 0.4) is 0 Å². The van der Waals surface area contributed by atoms with Crippen LogP contribution in [0, 0.1) is 5.82 Å². The molecule has 2 heterocycles. The third kappa shape index (κ3) is 5.15. The van der Waals surface area contributed by atoms with E-state index in [1.165, 1.54) is 30.3 Å². The molecule has 2 aromatic rings. The van der Waals surface area contributed by atoms with Gasteiger partial charge in [-0.2, -0.15) is 0 Å². The summed E-state index contributed by atoms with van der Waals surface area (Å²) in [5.74, 6) is -0.700. The monoisotopic (exact) mass is 449 g/mol. The Morgan fingerprint density at radius 3 is 2.16 bits per heavy atom. The first-order valence-corrected chi connectivity index (χ1v) is 11.5. The van der Waals surface area contributed by atoms with E-state index in [-0.39, 0.29) is 16.5 Å². The lowest BCUT2D eigenvalue weighted by atomic mass is 10.2. The number of ether oxygens (including phenoxy) is 2. The zero-order valence-electron chi connectivity index (χ0n) is 16.9. The van der Waals surface area contributed by atoms with Gasteiger partial charge in [0, 0.05) is 37.4 Å². The van der Waals surface area contributed by atoms with Gasteiger partial charge in [-0.25, -0.2) is 12.8 Å². The van der Waals surface area contributed by atoms with Gasteiger partial charge in [0.2, 0.25) is 0 Å². The second-order valence-electron chi connectivity index (χ2n) is 7.33. The highest BCUT2D eigenvalue weighted by Crippen LogP contribution is 2.25. The topological polar surface area (TPSA) is 88.2 Å². The first kappa shape index (κ1) is 21.5. The van der Waals surface area contributed by atoms with Crippen LogP contribution in [0.4, 0.5) is 15.8 Å². The molecule has 8 nitrogen and oxygen atoms in total. The van der Waals surface area contributed by atoms with Crippen LogP contribution in [0.1, 0.15) is 10.4 Å². The van der Waals surface area contributed by atoms with Gasteiger partial charge in [-0.1, -0.05) is 0 Å². The third-order valence-electron chi connectivity index (χ3n) is 5.22. The van der Waals surface area contributed by atoms with Crippen LogP contribution in [-0.2, 0) is 19.5 Å². The number of carbonyl (C=O) groups is 1. The van der Waals surface area contributed by atoms with Gasteiger partial charge < -0.3 is 19.3 Å². The van der Waals surface area contributed by atoms with Gasteiger partial charge in [0.15, 0.2) is 0 Å². The van der Waals surface area contributed by atoms with E-state index in [0.717, 1.165) is 6.07 Å². The molecule has 0 saturated carbocycles. The lowest BCUT2D eigenvalue weighted by Crippen LogP contribution is -2.40. The van der Waals surface area contributed by atoms with Crippen LogP contribution >= 0.6 is 0 Å². The van der Waals surface area contributed by atoms with Gasteiger partial charge in [-0.05, 0) is 42.5 Å². The minimum atomic E-state index is -3.95. The summed E-state index contributed by atoms with van der Waals surface area (Å²) in [5.41, 5.74) is 1.13. The molecule has 2 fully saturated rings. The maximum absolute atomic E-state index is 14.1. The van der Waals surface area contributed by atoms with Gasteiger partial charge in [0.1, 0.15) is 5.82 Å². The minimum absolute atomic E-state index is 0.0109. The highest BCUT2D eigenvalue weighted by atomic mass is 32.2. The van der Waals surface area contributed by atoms with Crippen LogP contribution in [0.5, 0.6) is 0 Å². The Bertz CT molecular complexity index is 1030. The zero-order valence-corrected chi connectivity index (χ0v) is 17.7. The quantitative estimate of drug-likeness (QED) is 0.751. The van der Waals surface area contributed by atoms with Crippen molar-refractivity contribution in [1.29, 1.82) is 0 Å². The molecule has 4 rings (SSSR count). The fraction of sp³-hybridized carbons (Fsp3) is 0.381. The van der Waals surface area contributed by atoms with E-state index in [0.29, 0.717) is 63.9 Å². The summed E-state index contributed by atoms with van der Waals surface area (Å²) < 4.78 is 52.7. The molecule has 2 saturated heterocycles. The molecular weight excluding hydrogens is 425 g/mol. The average molecular weight is 450 g/mol. The number of morpholine rings is 2. The number of amides is 1. The molecular formula is C21H24FN3O5S. The van der Waals surface area contributed by atoms with Crippen molar-refractivity contribution in [2.75, 3.05) is 62.2 Å². The van der Waals surface area contributed by atoms with Gasteiger partial charge in [-0.15, -0.1) is 0 Å². The number of rotatable bonds is 5. The summed E-state index contributed by atoms with van der Waals surface area (Å²) in [4.78, 5) is 16.1. The van der Waals surface area contributed by atoms with Gasteiger partial charge in [-0.3, -0.25) is 9.52 Å². The second kappa shape index (κ2) is 9.21. The summed E-state index contributed by atoms with van der Waals surface area (Å²) in [7, 11) is -3.95. The third-order valence-corrected chi connectivity index (χ3v) is 6.62. The van der Waals surface area contributed by atoms with Crippen LogP contribution in [-0.4, -0.2) is 71.8 Å². The summed E-state index contributed by atoms with van der Waals surface area (Å²) in [5, 5.41) is 0. The van der Waals surface area contributed by atoms with Crippen molar-refractivity contribution >= 4 is 27.3 Å². The maximum atomic E-state index is 14.1. The van der Waals surface area contributed by atoms with Crippen LogP contribution in [0.25, 0.3) is 0 Å². The van der Waals surface area contributed by atoms with E-state index in [2.05, 4.69) is 4.72 Å². The Labute approximate surface area is 180 Å². The lowest BCUT2D eigenvalue weighted by Gasteiger charge is -2.29. The van der Waals surface area contributed by atoms with Crippen molar-refractivity contribution in [3.63, 3.8) is 0 Å². The Morgan fingerprint density at radius 2 is 1.52 bits per heavy atom. The summed E-state index contributed by atoms with van der Waals surface area (Å²) in [6, 6.07) is 9.82. The molecule has 2 aliphatic heterocycles. The minimum Gasteiger partial charge on any atom is -0.378 e. The van der Waals surface area contributed by atoms with Crippen molar-refractivity contribution < 1.29 is 27.1 Å². The zero-order chi connectivity index (χ0) is 21.8. The van der Waals surface area contributed by atoms with Gasteiger partial charge in [0.05, 0.1) is 37.0 Å². The summed E-state index contributed by atoms with van der Waals surface area (Å²) in [6.45, 7) is 4.27. The number of anilines is 2. The number of hydrogen-bond acceptors (Lipinski definition) is 6. The smallest absolute Gasteiger partial charge is 0.261 e. The molecule has 166 valence electrons. The lowest BCUT2D eigenvalue weighted by molar-refractivity contribution is 0.0303. The Balaban J connectivity index is 1.49. The van der Waals surface area contributed by atoms with Gasteiger partial charge in [0.25, 0.3) is 15.9 Å². The number of nitrogens with zero attached hydrogens (tertiary/aromatic N) is 2. The molecule has 0 aromatic heterocycles. The van der Waals surface area contributed by atoms with Crippen molar-refractivity contribution in [3.05, 3.63) is 53.8 Å². The fourth-order valence-corrected chi connectivity index (χ4v) is 4.62. The predicted molar refractivity (Wildman–Crippen MR) is 113 cm³/mol. The van der Waals surface area contributed by atoms with Crippen molar-refractivity contribution in [2.24, 2.45) is 0 Å². The average Bonchev–Trinajstić information content (AvgIpc) is 2.79. The Morgan fingerprint density at radius 1 is 0.903 bits per heavy atom. The summed E-state index contributed by atoms with van der Waals surface area (Å²) >= 11 is 0. The molecule has 0 aliphatic carbocycles. The highest BCUT2D eigenvalue weighted by Gasteiger charge is 2.21. The number of nitrogens with one attached hydrogen (secondary N) is 1. The number of benzene rings is 2. The van der Waals surface area contributed by atoms with Gasteiger partial charge >= 0.3 is 0 Å². The SMILES string of the molecule is O=C(c1ccc(S(=O)(=O)Nc2cc(F)cc(N3CCOCC3)c2)cc1)N1CCOCC1. The molecule has 1 amide bonds. The summed E-state index contributed by atoms with van der Waals surface area (Å²) in [6.07, 6.45) is 0. The molecule has 10 heteroatoms. The largest absolute Gasteiger partial charge is 0.378 e. The molecule has 0 radical (unpaired) electrons. The predicted octanol–water partition coefficient (Wildman–Crippen LogP) is 1.94. The molecule has 0 unspecified atom stereocenters. The molecule has 2 aromatic carbocycles. The first-order valence-electron chi connectivity index (χ1n) is 10.1. The Kier molecular flexibility index (Phi) is 6.40. The van der Waals surface area contributed by atoms with Crippen LogP contribution < -0.4 is 9.62 Å². The number of hydrogen-bond donors (Lipinski definition) is 1. The number of halogens is 1. The standard InChI is InChI=1S/C21H24FN3O5S/c22-17-13-18(15-19(14-17)24-5-9-29-10-6-24)23-31(27,28)20-3-1-16(2-4-20)21(26)25-7-11-30-12-8-25/h1-4,13-15,23H,5-12H2. The second-order valence-corrected chi connectivity index (χ2v) is 9.01. The van der Waals surface area contributed by atoms with Crippen LogP contribution in [0.2, 0.25) is 0 Å². The van der Waals surface area contributed by atoms with E-state index in [4.69, 9.17) is 9.47 Å². The van der Waals surface area contributed by atoms with Crippen molar-refractivity contribution in [3.8, 4) is 0 Å². The van der Waals surface area contributed by atoms with E-state index in [9.17, 15) is 17.6 Å². The molecule has 31 heavy (non-hydrogen) atoms. The molecule has 0 bridgehead atoms. The normalized spacial score (nSPS) is 17.5. The fourth-order valence-electron chi connectivity index (χ4n) is 3.58. The number of sulfonamides is 1. The van der Waals surface area contributed by atoms with E-state index in [1.807, 2.05) is 4.90 Å². The molecule has 1 N–H and O–H groups in total. The van der Waals surface area contributed by atoms with E-state index in [1.54, 1.807) is 11.0 Å². The number of carbonyl (C=O) groups excluding carboxylic acids is 1. The Hall–Kier alpha value is -2.69. The van der Waals surface area contributed by atoms with Crippen LogP contribution in [0.15, 0.2) is 47.4 Å². The molecule has 0 spiro atoms. The van der Waals surface area contributed by atoms with Crippen molar-refractivity contribution in [1.82, 2.24) is 4.90 Å². The first-order chi connectivity index (χ1) is 14.9. The molecule has 2 aliphatic rings. The van der Waals surface area contributed by atoms with E-state index < -0.39 is 15.8 Å². The highest BCUT2D eigenvalue weighted by molar-refractivity contribution is 7.92. The van der Waals surface area contributed by atoms with E-state index >= 15 is 0 Å². The maximum Gasteiger partial charge on any atom is 0.261 e. The molecule has 0 atom stereocenters. The van der Waals surface area contributed by atoms with Crippen molar-refractivity contribution in [2.45, 2.75) is 4.90 Å².